The van der Waals surface area contributed by atoms with Crippen LogP contribution in [0.2, 0.25) is 0 Å². The predicted octanol–water partition coefficient (Wildman–Crippen LogP) is 1.56. The Labute approximate surface area is 153 Å². The first-order chi connectivity index (χ1) is 13.0. The van der Waals surface area contributed by atoms with E-state index < -0.39 is 15.9 Å². The zero-order valence-corrected chi connectivity index (χ0v) is 14.6. The summed E-state index contributed by atoms with van der Waals surface area (Å²) in [7, 11) is -2.78. The molecular formula is C15H13FN6O4S. The summed E-state index contributed by atoms with van der Waals surface area (Å²) < 4.78 is 47.9. The number of hydrogen-bond acceptors (Lipinski definition) is 9. The molecule has 0 saturated carbocycles. The molecule has 27 heavy (non-hydrogen) atoms. The number of rotatable bonds is 7. The van der Waals surface area contributed by atoms with E-state index in [1.54, 1.807) is 6.07 Å². The minimum absolute atomic E-state index is 0.0231. The molecule has 10 nitrogen and oxygen atoms in total. The van der Waals surface area contributed by atoms with Gasteiger partial charge in [0.05, 0.1) is 13.3 Å². The number of benzene rings is 2. The highest BCUT2D eigenvalue weighted by atomic mass is 32.2. The predicted molar refractivity (Wildman–Crippen MR) is 92.6 cm³/mol. The average Bonchev–Trinajstić information content (AvgIpc) is 3.16. The molecule has 0 unspecified atom stereocenters. The molecule has 0 fully saturated rings. The first kappa shape index (κ1) is 18.3. The summed E-state index contributed by atoms with van der Waals surface area (Å²) in [4.78, 5) is -0.180. The first-order valence-electron chi connectivity index (χ1n) is 7.38. The lowest BCUT2D eigenvalue weighted by molar-refractivity contribution is 0.390. The fourth-order valence-corrected chi connectivity index (χ4v) is 2.91. The van der Waals surface area contributed by atoms with Crippen molar-refractivity contribution in [2.75, 3.05) is 12.5 Å². The van der Waals surface area contributed by atoms with Crippen molar-refractivity contribution in [2.45, 2.75) is 4.90 Å². The number of aromatic amines is 1. The van der Waals surface area contributed by atoms with Gasteiger partial charge >= 0.3 is 10.1 Å². The number of ether oxygens (including phenoxy) is 1. The van der Waals surface area contributed by atoms with Gasteiger partial charge in [0.25, 0.3) is 5.95 Å². The number of methoxy groups -OCH3 is 1. The molecule has 0 atom stereocenters. The topological polar surface area (TPSA) is 131 Å². The van der Waals surface area contributed by atoms with Crippen LogP contribution in [0.15, 0.2) is 52.5 Å². The second-order valence-corrected chi connectivity index (χ2v) is 6.55. The Kier molecular flexibility index (Phi) is 5.26. The number of nitrogens with one attached hydrogen (secondary N) is 2. The van der Waals surface area contributed by atoms with Gasteiger partial charge in [0.1, 0.15) is 10.7 Å². The van der Waals surface area contributed by atoms with Crippen LogP contribution in [0.5, 0.6) is 11.5 Å². The SMILES string of the molecule is COc1cc(/C=N\Nc2nn[nH]n2)ccc1OS(=O)(=O)c1ccc(F)cc1. The van der Waals surface area contributed by atoms with Crippen LogP contribution in [0.3, 0.4) is 0 Å². The number of nitrogens with zero attached hydrogens (tertiary/aromatic N) is 4. The summed E-state index contributed by atoms with van der Waals surface area (Å²) in [6, 6.07) is 8.79. The lowest BCUT2D eigenvalue weighted by atomic mass is 10.2. The Morgan fingerprint density at radius 3 is 2.63 bits per heavy atom. The molecule has 140 valence electrons. The third-order valence-electron chi connectivity index (χ3n) is 3.21. The van der Waals surface area contributed by atoms with Crippen molar-refractivity contribution in [2.24, 2.45) is 5.10 Å². The Balaban J connectivity index is 1.77. The molecule has 0 bridgehead atoms. The molecule has 3 aromatic rings. The fourth-order valence-electron chi connectivity index (χ4n) is 1.97. The number of hydrogen-bond donors (Lipinski definition) is 2. The second kappa shape index (κ2) is 7.78. The van der Waals surface area contributed by atoms with Crippen LogP contribution in [0.25, 0.3) is 0 Å². The van der Waals surface area contributed by atoms with E-state index in [1.165, 1.54) is 25.5 Å². The molecule has 1 aromatic heterocycles. The molecule has 1 heterocycles. The number of aromatic nitrogens is 4. The number of H-pyrrole nitrogens is 1. The number of hydrazone groups is 1. The van der Waals surface area contributed by atoms with E-state index in [1.807, 2.05) is 0 Å². The minimum Gasteiger partial charge on any atom is -0.493 e. The molecule has 12 heteroatoms. The van der Waals surface area contributed by atoms with Gasteiger partial charge in [-0.15, -0.1) is 5.10 Å². The number of anilines is 1. The Bertz CT molecular complexity index is 1040. The minimum atomic E-state index is -4.14. The number of tetrazole rings is 1. The van der Waals surface area contributed by atoms with Crippen LogP contribution in [-0.2, 0) is 10.1 Å². The summed E-state index contributed by atoms with van der Waals surface area (Å²) in [5.41, 5.74) is 3.14. The zero-order valence-electron chi connectivity index (χ0n) is 13.8. The van der Waals surface area contributed by atoms with Gasteiger partial charge in [-0.1, -0.05) is 5.10 Å². The highest BCUT2D eigenvalue weighted by molar-refractivity contribution is 7.87. The van der Waals surface area contributed by atoms with Gasteiger partial charge in [0, 0.05) is 0 Å². The Hall–Kier alpha value is -3.54. The summed E-state index contributed by atoms with van der Waals surface area (Å²) in [6.07, 6.45) is 1.44. The molecule has 3 rings (SSSR count). The monoisotopic (exact) mass is 392 g/mol. The van der Waals surface area contributed by atoms with Crippen molar-refractivity contribution in [1.29, 1.82) is 0 Å². The van der Waals surface area contributed by atoms with Crippen molar-refractivity contribution in [3.8, 4) is 11.5 Å². The van der Waals surface area contributed by atoms with E-state index in [9.17, 15) is 12.8 Å². The van der Waals surface area contributed by atoms with Crippen molar-refractivity contribution < 1.29 is 21.7 Å². The normalized spacial score (nSPS) is 11.5. The largest absolute Gasteiger partial charge is 0.493 e. The van der Waals surface area contributed by atoms with Gasteiger partial charge in [-0.25, -0.2) is 9.82 Å². The molecule has 0 radical (unpaired) electrons. The van der Waals surface area contributed by atoms with Crippen LogP contribution < -0.4 is 14.3 Å². The average molecular weight is 392 g/mol. The van der Waals surface area contributed by atoms with Crippen molar-refractivity contribution in [3.05, 3.63) is 53.8 Å². The van der Waals surface area contributed by atoms with Crippen LogP contribution >= 0.6 is 0 Å². The molecule has 0 aliphatic heterocycles. The van der Waals surface area contributed by atoms with Gasteiger partial charge < -0.3 is 8.92 Å². The van der Waals surface area contributed by atoms with Gasteiger partial charge in [0.2, 0.25) is 0 Å². The van der Waals surface area contributed by atoms with Gasteiger partial charge in [-0.2, -0.15) is 18.7 Å². The van der Waals surface area contributed by atoms with E-state index in [0.717, 1.165) is 24.3 Å². The Morgan fingerprint density at radius 2 is 1.96 bits per heavy atom. The van der Waals surface area contributed by atoms with Crippen LogP contribution in [0.1, 0.15) is 5.56 Å². The highest BCUT2D eigenvalue weighted by Crippen LogP contribution is 2.30. The lowest BCUT2D eigenvalue weighted by Crippen LogP contribution is -2.10. The van der Waals surface area contributed by atoms with Crippen LogP contribution in [0.4, 0.5) is 10.3 Å². The van der Waals surface area contributed by atoms with Gasteiger partial charge in [0.15, 0.2) is 11.5 Å². The molecule has 0 saturated heterocycles. The lowest BCUT2D eigenvalue weighted by Gasteiger charge is -2.11. The molecule has 0 spiro atoms. The van der Waals surface area contributed by atoms with Gasteiger partial charge in [-0.3, -0.25) is 0 Å². The summed E-state index contributed by atoms with van der Waals surface area (Å²) in [6.45, 7) is 0. The van der Waals surface area contributed by atoms with E-state index in [0.29, 0.717) is 5.56 Å². The molecule has 2 aromatic carbocycles. The molecule has 0 aliphatic carbocycles. The maximum Gasteiger partial charge on any atom is 0.339 e. The van der Waals surface area contributed by atoms with Crippen molar-refractivity contribution in [1.82, 2.24) is 20.6 Å². The smallest absolute Gasteiger partial charge is 0.339 e. The van der Waals surface area contributed by atoms with E-state index in [-0.39, 0.29) is 22.3 Å². The number of halogens is 1. The molecule has 2 N–H and O–H groups in total. The van der Waals surface area contributed by atoms with E-state index in [4.69, 9.17) is 8.92 Å². The molecular weight excluding hydrogens is 379 g/mol. The van der Waals surface area contributed by atoms with Crippen LogP contribution in [-0.4, -0.2) is 42.4 Å². The van der Waals surface area contributed by atoms with E-state index >= 15 is 0 Å². The summed E-state index contributed by atoms with van der Waals surface area (Å²) in [5.74, 6) is -0.220. The fraction of sp³-hybridized carbons (Fsp3) is 0.0667. The second-order valence-electron chi connectivity index (χ2n) is 5.01. The Morgan fingerprint density at radius 1 is 1.19 bits per heavy atom. The maximum atomic E-state index is 13.0. The van der Waals surface area contributed by atoms with Crippen LogP contribution in [0, 0.1) is 5.82 Å². The molecule has 0 amide bonds. The third-order valence-corrected chi connectivity index (χ3v) is 4.46. The third kappa shape index (κ3) is 4.55. The van der Waals surface area contributed by atoms with Crippen molar-refractivity contribution >= 4 is 22.3 Å². The standard InChI is InChI=1S/C15H13FN6O4S/c1-25-14-8-10(9-17-18-15-19-21-22-20-15)2-7-13(14)26-27(23,24)12-5-3-11(16)4-6-12/h2-9H,1H3,(H2,18,19,20,21,22)/b17-9-. The quantitative estimate of drug-likeness (QED) is 0.352. The summed E-state index contributed by atoms with van der Waals surface area (Å²) in [5, 5.41) is 16.9. The van der Waals surface area contributed by atoms with Gasteiger partial charge in [-0.05, 0) is 53.2 Å². The highest BCUT2D eigenvalue weighted by Gasteiger charge is 2.19. The summed E-state index contributed by atoms with van der Waals surface area (Å²) >= 11 is 0. The first-order valence-corrected chi connectivity index (χ1v) is 8.79. The molecule has 0 aliphatic rings. The zero-order chi connectivity index (χ0) is 19.3. The van der Waals surface area contributed by atoms with Crippen molar-refractivity contribution in [3.63, 3.8) is 0 Å². The van der Waals surface area contributed by atoms with E-state index in [2.05, 4.69) is 31.2 Å². The maximum absolute atomic E-state index is 13.0.